The summed E-state index contributed by atoms with van der Waals surface area (Å²) in [6.45, 7) is 6.39. The molecule has 3 N–H and O–H groups in total. The molecule has 6 heteroatoms. The van der Waals surface area contributed by atoms with E-state index in [1.807, 2.05) is 7.05 Å². The van der Waals surface area contributed by atoms with Crippen molar-refractivity contribution >= 4 is 40.8 Å². The van der Waals surface area contributed by atoms with Gasteiger partial charge in [0.05, 0.1) is 0 Å². The number of aromatic amines is 1. The first-order chi connectivity index (χ1) is 11.7. The normalized spacial score (nSPS) is 18.4. The average Bonchev–Trinajstić information content (AvgIpc) is 3.16. The minimum Gasteiger partial charge on any atom is -0.361 e. The third-order valence-corrected chi connectivity index (χ3v) is 4.88. The Labute approximate surface area is 167 Å². The highest BCUT2D eigenvalue weighted by molar-refractivity contribution is 14.0. The van der Waals surface area contributed by atoms with Gasteiger partial charge in [-0.3, -0.25) is 4.99 Å². The van der Waals surface area contributed by atoms with Crippen molar-refractivity contribution in [1.82, 2.24) is 20.5 Å². The number of H-pyrrole nitrogens is 1. The van der Waals surface area contributed by atoms with E-state index in [9.17, 15) is 0 Å². The zero-order valence-corrected chi connectivity index (χ0v) is 17.8. The van der Waals surface area contributed by atoms with Gasteiger partial charge in [-0.1, -0.05) is 12.1 Å². The van der Waals surface area contributed by atoms with Gasteiger partial charge < -0.3 is 20.5 Å². The Morgan fingerprint density at radius 2 is 2.20 bits per heavy atom. The number of nitrogens with zero attached hydrogens (tertiary/aromatic N) is 2. The first kappa shape index (κ1) is 20.0. The largest absolute Gasteiger partial charge is 0.361 e. The minimum atomic E-state index is 0. The number of hydrogen-bond donors (Lipinski definition) is 3. The molecule has 5 nitrogen and oxygen atoms in total. The van der Waals surface area contributed by atoms with Crippen LogP contribution in [0.2, 0.25) is 0 Å². The van der Waals surface area contributed by atoms with E-state index in [0.29, 0.717) is 0 Å². The molecular formula is C19H30IN5. The van der Waals surface area contributed by atoms with Crippen LogP contribution in [-0.4, -0.2) is 56.1 Å². The summed E-state index contributed by atoms with van der Waals surface area (Å²) in [6, 6.07) is 6.58. The fourth-order valence-electron chi connectivity index (χ4n) is 3.48. The van der Waals surface area contributed by atoms with Gasteiger partial charge in [0.15, 0.2) is 5.96 Å². The molecule has 1 atom stereocenters. The monoisotopic (exact) mass is 455 g/mol. The Kier molecular flexibility index (Phi) is 7.56. The first-order valence-electron chi connectivity index (χ1n) is 8.85. The number of aliphatic imine (C=N–C) groups is 1. The number of aryl methyl sites for hydroxylation is 1. The van der Waals surface area contributed by atoms with Crippen LogP contribution in [0.1, 0.15) is 17.5 Å². The van der Waals surface area contributed by atoms with Crippen molar-refractivity contribution in [2.24, 2.45) is 10.9 Å². The van der Waals surface area contributed by atoms with Gasteiger partial charge in [0, 0.05) is 43.8 Å². The summed E-state index contributed by atoms with van der Waals surface area (Å²) in [6.07, 6.45) is 4.38. The molecule has 1 aliphatic heterocycles. The summed E-state index contributed by atoms with van der Waals surface area (Å²) < 4.78 is 0. The molecule has 1 aliphatic rings. The molecule has 1 saturated heterocycles. The highest BCUT2D eigenvalue weighted by Crippen LogP contribution is 2.19. The fraction of sp³-hybridized carbons (Fsp3) is 0.526. The summed E-state index contributed by atoms with van der Waals surface area (Å²) in [7, 11) is 4.03. The molecule has 1 aromatic heterocycles. The molecule has 138 valence electrons. The van der Waals surface area contributed by atoms with E-state index in [-0.39, 0.29) is 24.0 Å². The maximum atomic E-state index is 4.33. The van der Waals surface area contributed by atoms with Crippen molar-refractivity contribution in [3.05, 3.63) is 35.5 Å². The van der Waals surface area contributed by atoms with Crippen molar-refractivity contribution in [2.75, 3.05) is 40.3 Å². The number of hydrogen-bond acceptors (Lipinski definition) is 2. The molecule has 2 aromatic rings. The van der Waals surface area contributed by atoms with Crippen LogP contribution in [0.25, 0.3) is 10.9 Å². The van der Waals surface area contributed by atoms with Crippen molar-refractivity contribution in [3.63, 3.8) is 0 Å². The number of guanidine groups is 1. The van der Waals surface area contributed by atoms with Crippen LogP contribution in [0.4, 0.5) is 0 Å². The highest BCUT2D eigenvalue weighted by atomic mass is 127. The molecule has 2 heterocycles. The molecule has 0 aliphatic carbocycles. The van der Waals surface area contributed by atoms with Crippen molar-refractivity contribution < 1.29 is 0 Å². The highest BCUT2D eigenvalue weighted by Gasteiger charge is 2.19. The summed E-state index contributed by atoms with van der Waals surface area (Å²) in [5.74, 6) is 1.63. The number of fused-ring (bicyclic) bond motifs is 1. The Bertz CT molecular complexity index is 709. The molecule has 1 aromatic carbocycles. The van der Waals surface area contributed by atoms with E-state index in [1.165, 1.54) is 41.5 Å². The minimum absolute atomic E-state index is 0. The Hall–Kier alpha value is -1.28. The second kappa shape index (κ2) is 9.43. The van der Waals surface area contributed by atoms with Crippen LogP contribution >= 0.6 is 24.0 Å². The van der Waals surface area contributed by atoms with E-state index in [0.717, 1.165) is 31.4 Å². The first-order valence-corrected chi connectivity index (χ1v) is 8.85. The Balaban J connectivity index is 0.00000225. The summed E-state index contributed by atoms with van der Waals surface area (Å²) in [4.78, 5) is 10.1. The van der Waals surface area contributed by atoms with Gasteiger partial charge in [-0.05, 0) is 56.5 Å². The maximum Gasteiger partial charge on any atom is 0.190 e. The van der Waals surface area contributed by atoms with Crippen LogP contribution in [0.15, 0.2) is 29.4 Å². The van der Waals surface area contributed by atoms with Crippen molar-refractivity contribution in [2.45, 2.75) is 19.8 Å². The van der Waals surface area contributed by atoms with Crippen LogP contribution in [0, 0.1) is 12.8 Å². The number of nitrogens with one attached hydrogen (secondary N) is 3. The topological polar surface area (TPSA) is 55.5 Å². The predicted molar refractivity (Wildman–Crippen MR) is 117 cm³/mol. The molecule has 0 radical (unpaired) electrons. The number of benzene rings is 1. The van der Waals surface area contributed by atoms with Gasteiger partial charge in [-0.15, -0.1) is 24.0 Å². The summed E-state index contributed by atoms with van der Waals surface area (Å²) >= 11 is 0. The molecular weight excluding hydrogens is 425 g/mol. The Morgan fingerprint density at radius 1 is 1.36 bits per heavy atom. The van der Waals surface area contributed by atoms with Crippen LogP contribution in [0.3, 0.4) is 0 Å². The molecule has 1 fully saturated rings. The van der Waals surface area contributed by atoms with E-state index in [2.05, 4.69) is 63.9 Å². The lowest BCUT2D eigenvalue weighted by Gasteiger charge is -2.15. The number of likely N-dealkylation sites (tertiary alicyclic amines) is 1. The number of halogens is 1. The van der Waals surface area contributed by atoms with E-state index < -0.39 is 0 Å². The smallest absolute Gasteiger partial charge is 0.190 e. The van der Waals surface area contributed by atoms with Crippen molar-refractivity contribution in [1.29, 1.82) is 0 Å². The third kappa shape index (κ3) is 5.34. The zero-order valence-electron chi connectivity index (χ0n) is 15.4. The third-order valence-electron chi connectivity index (χ3n) is 4.88. The maximum absolute atomic E-state index is 4.33. The molecule has 0 spiro atoms. The van der Waals surface area contributed by atoms with Gasteiger partial charge in [-0.25, -0.2) is 0 Å². The summed E-state index contributed by atoms with van der Waals surface area (Å²) in [5.41, 5.74) is 3.86. The van der Waals surface area contributed by atoms with Gasteiger partial charge >= 0.3 is 0 Å². The lowest BCUT2D eigenvalue weighted by Crippen LogP contribution is -2.40. The average molecular weight is 455 g/mol. The van der Waals surface area contributed by atoms with Gasteiger partial charge in [0.1, 0.15) is 0 Å². The lowest BCUT2D eigenvalue weighted by atomic mass is 10.1. The fourth-order valence-corrected chi connectivity index (χ4v) is 3.48. The quantitative estimate of drug-likeness (QED) is 0.369. The van der Waals surface area contributed by atoms with Crippen LogP contribution in [0.5, 0.6) is 0 Å². The molecule has 0 amide bonds. The van der Waals surface area contributed by atoms with E-state index in [1.54, 1.807) is 0 Å². The predicted octanol–water partition coefficient (Wildman–Crippen LogP) is 2.75. The molecule has 0 bridgehead atoms. The van der Waals surface area contributed by atoms with Gasteiger partial charge in [0.25, 0.3) is 0 Å². The van der Waals surface area contributed by atoms with Crippen LogP contribution in [-0.2, 0) is 6.42 Å². The molecule has 0 saturated carbocycles. The van der Waals surface area contributed by atoms with Gasteiger partial charge in [-0.2, -0.15) is 0 Å². The number of aromatic nitrogens is 1. The Morgan fingerprint density at radius 3 is 2.92 bits per heavy atom. The standard InChI is InChI=1S/C19H29N5.HI/c1-14-4-5-17-16(12-22-18(17)10-14)6-8-21-19(20-2)23-11-15-7-9-24(3)13-15;/h4-5,10,12,15,22H,6-9,11,13H2,1-3H3,(H2,20,21,23);1H. The second-order valence-electron chi connectivity index (χ2n) is 6.91. The van der Waals surface area contributed by atoms with E-state index in [4.69, 9.17) is 0 Å². The molecule has 25 heavy (non-hydrogen) atoms. The molecule has 3 rings (SSSR count). The van der Waals surface area contributed by atoms with Crippen LogP contribution < -0.4 is 10.6 Å². The zero-order chi connectivity index (χ0) is 16.9. The van der Waals surface area contributed by atoms with E-state index >= 15 is 0 Å². The van der Waals surface area contributed by atoms with Crippen molar-refractivity contribution in [3.8, 4) is 0 Å². The lowest BCUT2D eigenvalue weighted by molar-refractivity contribution is 0.394. The number of rotatable bonds is 5. The van der Waals surface area contributed by atoms with Gasteiger partial charge in [0.2, 0.25) is 0 Å². The SMILES string of the molecule is CN=C(NCCc1c[nH]c2cc(C)ccc12)NCC1CCN(C)C1.I. The second-order valence-corrected chi connectivity index (χ2v) is 6.91. The molecule has 1 unspecified atom stereocenters. The summed E-state index contributed by atoms with van der Waals surface area (Å²) in [5, 5.41) is 8.21.